The highest BCUT2D eigenvalue weighted by Crippen LogP contribution is 2.32. The number of guanidine groups is 1. The van der Waals surface area contributed by atoms with Gasteiger partial charge in [0, 0.05) is 26.7 Å². The predicted molar refractivity (Wildman–Crippen MR) is 65.8 cm³/mol. The molecule has 1 heterocycles. The first-order chi connectivity index (χ1) is 7.76. The first-order valence-corrected chi connectivity index (χ1v) is 6.39. The van der Waals surface area contributed by atoms with Gasteiger partial charge in [0.05, 0.1) is 12.1 Å². The predicted octanol–water partition coefficient (Wildman–Crippen LogP) is 1.23. The highest BCUT2D eigenvalue weighted by Gasteiger charge is 2.34. The summed E-state index contributed by atoms with van der Waals surface area (Å²) in [5, 5.41) is 3.45. The summed E-state index contributed by atoms with van der Waals surface area (Å²) < 4.78 is 5.95. The molecule has 2 aliphatic rings. The minimum atomic E-state index is 0.0701. The fourth-order valence-electron chi connectivity index (χ4n) is 2.66. The summed E-state index contributed by atoms with van der Waals surface area (Å²) >= 11 is 0. The van der Waals surface area contributed by atoms with Crippen LogP contribution in [-0.4, -0.2) is 49.7 Å². The Kier molecular flexibility index (Phi) is 3.69. The van der Waals surface area contributed by atoms with Crippen molar-refractivity contribution >= 4 is 5.96 Å². The molecular formula is C12H23N3O. The van der Waals surface area contributed by atoms with Crippen LogP contribution in [0.4, 0.5) is 0 Å². The van der Waals surface area contributed by atoms with E-state index in [1.807, 2.05) is 0 Å². The van der Waals surface area contributed by atoms with Crippen LogP contribution in [0.1, 0.15) is 32.6 Å². The van der Waals surface area contributed by atoms with E-state index in [-0.39, 0.29) is 5.60 Å². The van der Waals surface area contributed by atoms with Gasteiger partial charge in [0.2, 0.25) is 0 Å². The maximum absolute atomic E-state index is 5.95. The second kappa shape index (κ2) is 5.04. The molecule has 16 heavy (non-hydrogen) atoms. The molecular weight excluding hydrogens is 202 g/mol. The van der Waals surface area contributed by atoms with E-state index in [0.717, 1.165) is 32.2 Å². The number of nitrogens with zero attached hydrogens (tertiary/aromatic N) is 2. The third kappa shape index (κ3) is 2.48. The quantitative estimate of drug-likeness (QED) is 0.782. The number of ether oxygens (including phenoxy) is 1. The van der Waals surface area contributed by atoms with E-state index in [1.165, 1.54) is 25.7 Å². The molecule has 0 spiro atoms. The molecule has 1 aliphatic carbocycles. The van der Waals surface area contributed by atoms with Crippen LogP contribution in [0.25, 0.3) is 0 Å². The molecule has 4 heteroatoms. The topological polar surface area (TPSA) is 36.9 Å². The Morgan fingerprint density at radius 2 is 2.19 bits per heavy atom. The van der Waals surface area contributed by atoms with E-state index >= 15 is 0 Å². The normalized spacial score (nSPS) is 23.6. The average molecular weight is 225 g/mol. The Balaban J connectivity index is 1.86. The summed E-state index contributed by atoms with van der Waals surface area (Å²) in [6.45, 7) is 5.75. The smallest absolute Gasteiger partial charge is 0.193 e. The van der Waals surface area contributed by atoms with Crippen molar-refractivity contribution < 1.29 is 4.74 Å². The third-order valence-electron chi connectivity index (χ3n) is 3.59. The molecule has 0 unspecified atom stereocenters. The zero-order valence-electron chi connectivity index (χ0n) is 10.5. The third-order valence-corrected chi connectivity index (χ3v) is 3.59. The van der Waals surface area contributed by atoms with Gasteiger partial charge in [0.15, 0.2) is 5.96 Å². The van der Waals surface area contributed by atoms with Gasteiger partial charge >= 0.3 is 0 Å². The van der Waals surface area contributed by atoms with Gasteiger partial charge in [-0.05, 0) is 19.8 Å². The molecule has 0 saturated heterocycles. The Hall–Kier alpha value is -0.770. The standard InChI is InChI=1S/C12H23N3O/c1-3-16-12(6-4-5-7-12)10-14-11-13-8-9-15(11)2/h3-10H2,1-2H3,(H,13,14). The van der Waals surface area contributed by atoms with Crippen LogP contribution in [0.5, 0.6) is 0 Å². The van der Waals surface area contributed by atoms with Crippen molar-refractivity contribution in [1.29, 1.82) is 0 Å². The van der Waals surface area contributed by atoms with E-state index in [2.05, 4.69) is 29.2 Å². The molecule has 0 aromatic heterocycles. The summed E-state index contributed by atoms with van der Waals surface area (Å²) in [5.41, 5.74) is 0.0701. The highest BCUT2D eigenvalue weighted by atomic mass is 16.5. The van der Waals surface area contributed by atoms with Crippen molar-refractivity contribution in [3.63, 3.8) is 0 Å². The molecule has 1 N–H and O–H groups in total. The van der Waals surface area contributed by atoms with E-state index in [9.17, 15) is 0 Å². The van der Waals surface area contributed by atoms with Crippen LogP contribution in [-0.2, 0) is 4.74 Å². The maximum Gasteiger partial charge on any atom is 0.193 e. The van der Waals surface area contributed by atoms with Gasteiger partial charge in [-0.1, -0.05) is 12.8 Å². The van der Waals surface area contributed by atoms with Crippen LogP contribution in [0.2, 0.25) is 0 Å². The fourth-order valence-corrected chi connectivity index (χ4v) is 2.66. The summed E-state index contributed by atoms with van der Waals surface area (Å²) in [4.78, 5) is 6.62. The molecule has 4 nitrogen and oxygen atoms in total. The zero-order chi connectivity index (χ0) is 11.4. The second-order valence-electron chi connectivity index (χ2n) is 4.80. The SMILES string of the molecule is CCOC1(CNC2=NCCN2C)CCCC1. The largest absolute Gasteiger partial charge is 0.373 e. The molecule has 0 aromatic rings. The lowest BCUT2D eigenvalue weighted by atomic mass is 10.0. The molecule has 0 radical (unpaired) electrons. The van der Waals surface area contributed by atoms with Crippen molar-refractivity contribution in [2.24, 2.45) is 4.99 Å². The Morgan fingerprint density at radius 1 is 1.44 bits per heavy atom. The van der Waals surface area contributed by atoms with Crippen LogP contribution in [0.3, 0.4) is 0 Å². The lowest BCUT2D eigenvalue weighted by Gasteiger charge is -2.30. The Bertz CT molecular complexity index is 259. The van der Waals surface area contributed by atoms with Crippen LogP contribution in [0, 0.1) is 0 Å². The van der Waals surface area contributed by atoms with Gasteiger partial charge in [-0.2, -0.15) is 0 Å². The minimum Gasteiger partial charge on any atom is -0.373 e. The van der Waals surface area contributed by atoms with Gasteiger partial charge in [-0.15, -0.1) is 0 Å². The van der Waals surface area contributed by atoms with Gasteiger partial charge in [0.1, 0.15) is 0 Å². The maximum atomic E-state index is 5.95. The summed E-state index contributed by atoms with van der Waals surface area (Å²) in [6, 6.07) is 0. The average Bonchev–Trinajstić information content (AvgIpc) is 2.86. The molecule has 1 aliphatic heterocycles. The summed E-state index contributed by atoms with van der Waals surface area (Å²) in [6.07, 6.45) is 4.96. The molecule has 1 fully saturated rings. The lowest BCUT2D eigenvalue weighted by molar-refractivity contribution is -0.0300. The van der Waals surface area contributed by atoms with Crippen LogP contribution in [0.15, 0.2) is 4.99 Å². The summed E-state index contributed by atoms with van der Waals surface area (Å²) in [7, 11) is 2.08. The molecule has 0 atom stereocenters. The number of hydrogen-bond acceptors (Lipinski definition) is 4. The first-order valence-electron chi connectivity index (χ1n) is 6.39. The van der Waals surface area contributed by atoms with E-state index in [1.54, 1.807) is 0 Å². The van der Waals surface area contributed by atoms with Crippen LogP contribution >= 0.6 is 0 Å². The van der Waals surface area contributed by atoms with Gasteiger partial charge in [-0.3, -0.25) is 4.99 Å². The Morgan fingerprint density at radius 3 is 2.75 bits per heavy atom. The fraction of sp³-hybridized carbons (Fsp3) is 0.917. The lowest BCUT2D eigenvalue weighted by Crippen LogP contribution is -2.46. The highest BCUT2D eigenvalue weighted by molar-refractivity contribution is 5.81. The van der Waals surface area contributed by atoms with Gasteiger partial charge < -0.3 is 15.0 Å². The molecule has 0 aromatic carbocycles. The van der Waals surface area contributed by atoms with Crippen LogP contribution < -0.4 is 5.32 Å². The van der Waals surface area contributed by atoms with Crippen molar-refractivity contribution in [3.05, 3.63) is 0 Å². The first kappa shape index (κ1) is 11.7. The molecule has 0 bridgehead atoms. The van der Waals surface area contributed by atoms with Crippen molar-refractivity contribution in [2.75, 3.05) is 33.3 Å². The molecule has 1 saturated carbocycles. The monoisotopic (exact) mass is 225 g/mol. The van der Waals surface area contributed by atoms with E-state index in [4.69, 9.17) is 4.74 Å². The molecule has 0 amide bonds. The Labute approximate surface area is 98.1 Å². The minimum absolute atomic E-state index is 0.0701. The van der Waals surface area contributed by atoms with Crippen molar-refractivity contribution in [2.45, 2.75) is 38.2 Å². The van der Waals surface area contributed by atoms with Crippen molar-refractivity contribution in [3.8, 4) is 0 Å². The molecule has 92 valence electrons. The van der Waals surface area contributed by atoms with E-state index in [0.29, 0.717) is 0 Å². The zero-order valence-corrected chi connectivity index (χ0v) is 10.5. The van der Waals surface area contributed by atoms with E-state index < -0.39 is 0 Å². The second-order valence-corrected chi connectivity index (χ2v) is 4.80. The number of likely N-dealkylation sites (N-methyl/N-ethyl adjacent to an activating group) is 1. The number of aliphatic imine (C=N–C) groups is 1. The number of rotatable bonds is 4. The number of hydrogen-bond donors (Lipinski definition) is 1. The van der Waals surface area contributed by atoms with Crippen molar-refractivity contribution in [1.82, 2.24) is 10.2 Å². The van der Waals surface area contributed by atoms with Gasteiger partial charge in [0.25, 0.3) is 0 Å². The van der Waals surface area contributed by atoms with Gasteiger partial charge in [-0.25, -0.2) is 0 Å². The molecule has 2 rings (SSSR count). The number of nitrogens with one attached hydrogen (secondary N) is 1. The summed E-state index contributed by atoms with van der Waals surface area (Å²) in [5.74, 6) is 1.03.